The van der Waals surface area contributed by atoms with Gasteiger partial charge in [-0.15, -0.1) is 13.2 Å². The number of nitrogens with one attached hydrogen (secondary N) is 1. The number of halogens is 3. The van der Waals surface area contributed by atoms with Crippen LogP contribution in [0.15, 0.2) is 36.7 Å². The molecule has 1 N–H and O–H groups in total. The Bertz CT molecular complexity index is 1170. The molecule has 9 nitrogen and oxygen atoms in total. The second-order valence-corrected chi connectivity index (χ2v) is 17.0. The zero-order valence-electron chi connectivity index (χ0n) is 24.5. The molecule has 13 heteroatoms. The third kappa shape index (κ3) is 8.79. The lowest BCUT2D eigenvalue weighted by molar-refractivity contribution is -0.274. The van der Waals surface area contributed by atoms with Crippen LogP contribution in [-0.4, -0.2) is 92.3 Å². The van der Waals surface area contributed by atoms with E-state index in [2.05, 4.69) is 63.7 Å². The number of likely N-dealkylation sites (tertiary alicyclic amines) is 1. The van der Waals surface area contributed by atoms with E-state index in [-0.39, 0.29) is 29.3 Å². The maximum Gasteiger partial charge on any atom is 0.573 e. The lowest BCUT2D eigenvalue weighted by Gasteiger charge is -2.38. The zero-order chi connectivity index (χ0) is 29.8. The van der Waals surface area contributed by atoms with Gasteiger partial charge in [-0.25, -0.2) is 9.97 Å². The van der Waals surface area contributed by atoms with Gasteiger partial charge in [-0.05, 0) is 42.2 Å². The van der Waals surface area contributed by atoms with E-state index < -0.39 is 14.7 Å². The number of rotatable bonds is 9. The number of piperazine rings is 1. The quantitative estimate of drug-likeness (QED) is 0.418. The van der Waals surface area contributed by atoms with Crippen molar-refractivity contribution in [2.24, 2.45) is 0 Å². The predicted octanol–water partition coefficient (Wildman–Crippen LogP) is 4.73. The van der Waals surface area contributed by atoms with Crippen LogP contribution < -0.4 is 15.0 Å². The second kappa shape index (κ2) is 12.5. The minimum atomic E-state index is -4.73. The molecule has 1 amide bonds. The van der Waals surface area contributed by atoms with E-state index in [0.717, 1.165) is 44.8 Å². The van der Waals surface area contributed by atoms with Crippen molar-refractivity contribution in [2.75, 3.05) is 56.0 Å². The van der Waals surface area contributed by atoms with Crippen LogP contribution in [0.25, 0.3) is 0 Å². The number of carbonyl (C=O) groups excluding carboxylic acids is 1. The van der Waals surface area contributed by atoms with E-state index >= 15 is 0 Å². The molecule has 226 valence electrons. The van der Waals surface area contributed by atoms with E-state index in [9.17, 15) is 18.0 Å². The topological polar surface area (TPSA) is 83.1 Å². The number of hydrogen-bond donors (Lipinski definition) is 1. The number of ether oxygens (including phenoxy) is 1. The fraction of sp³-hybridized carbons (Fsp3) is 0.607. The molecule has 2 saturated heterocycles. The molecule has 2 fully saturated rings. The smallest absolute Gasteiger partial charge is 0.412 e. The molecular weight excluding hydrogens is 553 g/mol. The molecule has 1 atom stereocenters. The first-order valence-corrected chi connectivity index (χ1v) is 16.9. The monoisotopic (exact) mass is 594 g/mol. The standard InChI is InChI=1S/C28H41F3N6O3Si/c1-27(2,3)41(4,5)40-24-9-10-37(19-24)25(38)20-35-11-13-36(14-12-35)22-17-33-26(34-18-22)32-16-21-7-6-8-23(15-21)39-28(29,30)31/h6-8,15,17-18,24H,9-14,16,19-20H2,1-5H3,(H,32,33,34). The Morgan fingerprint density at radius 3 is 2.39 bits per heavy atom. The molecule has 1 aromatic carbocycles. The third-order valence-electron chi connectivity index (χ3n) is 8.08. The summed E-state index contributed by atoms with van der Waals surface area (Å²) in [5, 5.41) is 3.17. The highest BCUT2D eigenvalue weighted by atomic mass is 28.4. The summed E-state index contributed by atoms with van der Waals surface area (Å²) in [6, 6.07) is 5.78. The first-order chi connectivity index (χ1) is 19.2. The van der Waals surface area contributed by atoms with Gasteiger partial charge in [0, 0.05) is 45.8 Å². The van der Waals surface area contributed by atoms with Gasteiger partial charge in [0.05, 0.1) is 30.7 Å². The van der Waals surface area contributed by atoms with E-state index in [1.807, 2.05) is 4.90 Å². The summed E-state index contributed by atoms with van der Waals surface area (Å²) < 4.78 is 47.9. The maximum absolute atomic E-state index is 13.0. The highest BCUT2D eigenvalue weighted by molar-refractivity contribution is 6.74. The SMILES string of the molecule is CC(C)(C)[Si](C)(C)OC1CCN(C(=O)CN2CCN(c3cnc(NCc4cccc(OC(F)(F)F)c4)nc3)CC2)C1. The van der Waals surface area contributed by atoms with Gasteiger partial charge < -0.3 is 24.3 Å². The van der Waals surface area contributed by atoms with Crippen molar-refractivity contribution >= 4 is 25.9 Å². The van der Waals surface area contributed by atoms with Crippen molar-refractivity contribution in [2.45, 2.75) is 64.3 Å². The summed E-state index contributed by atoms with van der Waals surface area (Å²) in [5.74, 6) is 0.268. The Morgan fingerprint density at radius 2 is 1.76 bits per heavy atom. The van der Waals surface area contributed by atoms with Gasteiger partial charge in [0.25, 0.3) is 0 Å². The lowest BCUT2D eigenvalue weighted by atomic mass is 10.2. The van der Waals surface area contributed by atoms with Crippen molar-refractivity contribution in [1.82, 2.24) is 19.8 Å². The van der Waals surface area contributed by atoms with Gasteiger partial charge in [0.15, 0.2) is 8.32 Å². The van der Waals surface area contributed by atoms with Crippen molar-refractivity contribution < 1.29 is 27.1 Å². The summed E-state index contributed by atoms with van der Waals surface area (Å²) in [4.78, 5) is 28.0. The first kappa shape index (κ1) is 31.0. The molecule has 2 aromatic rings. The van der Waals surface area contributed by atoms with Gasteiger partial charge >= 0.3 is 6.36 Å². The molecule has 0 aliphatic carbocycles. The molecule has 0 bridgehead atoms. The van der Waals surface area contributed by atoms with Crippen LogP contribution in [0.1, 0.15) is 32.8 Å². The molecule has 0 spiro atoms. The van der Waals surface area contributed by atoms with Gasteiger partial charge in [-0.1, -0.05) is 32.9 Å². The number of amides is 1. The number of nitrogens with zero attached hydrogens (tertiary/aromatic N) is 5. The summed E-state index contributed by atoms with van der Waals surface area (Å²) >= 11 is 0. The summed E-state index contributed by atoms with van der Waals surface area (Å²) in [6.45, 7) is 16.3. The fourth-order valence-electron chi connectivity index (χ4n) is 4.71. The van der Waals surface area contributed by atoms with Crippen LogP contribution in [0.3, 0.4) is 0 Å². The van der Waals surface area contributed by atoms with Crippen LogP contribution >= 0.6 is 0 Å². The van der Waals surface area contributed by atoms with Crippen molar-refractivity contribution in [3.8, 4) is 5.75 Å². The minimum absolute atomic E-state index is 0.128. The Labute approximate surface area is 241 Å². The number of benzene rings is 1. The number of aromatic nitrogens is 2. The number of alkyl halides is 3. The van der Waals surface area contributed by atoms with E-state index in [1.165, 1.54) is 18.2 Å². The summed E-state index contributed by atoms with van der Waals surface area (Å²) in [7, 11) is -1.86. The van der Waals surface area contributed by atoms with Crippen molar-refractivity contribution in [3.63, 3.8) is 0 Å². The van der Waals surface area contributed by atoms with Gasteiger partial charge in [0.1, 0.15) is 5.75 Å². The van der Waals surface area contributed by atoms with E-state index in [0.29, 0.717) is 24.6 Å². The Morgan fingerprint density at radius 1 is 1.07 bits per heavy atom. The average Bonchev–Trinajstić information content (AvgIpc) is 3.35. The van der Waals surface area contributed by atoms with Crippen molar-refractivity contribution in [1.29, 1.82) is 0 Å². The number of hydrogen-bond acceptors (Lipinski definition) is 8. The number of anilines is 2. The van der Waals surface area contributed by atoms with Crippen LogP contribution in [0.4, 0.5) is 24.8 Å². The van der Waals surface area contributed by atoms with Crippen LogP contribution in [0.2, 0.25) is 18.1 Å². The fourth-order valence-corrected chi connectivity index (χ4v) is 6.09. The first-order valence-electron chi connectivity index (χ1n) is 14.0. The minimum Gasteiger partial charge on any atom is -0.412 e. The Kier molecular flexibility index (Phi) is 9.49. The largest absolute Gasteiger partial charge is 0.573 e. The van der Waals surface area contributed by atoms with E-state index in [1.54, 1.807) is 18.5 Å². The average molecular weight is 595 g/mol. The number of carbonyl (C=O) groups is 1. The molecule has 1 unspecified atom stereocenters. The van der Waals surface area contributed by atoms with Crippen molar-refractivity contribution in [3.05, 3.63) is 42.2 Å². The van der Waals surface area contributed by atoms with Crippen LogP contribution in [0.5, 0.6) is 5.75 Å². The molecule has 41 heavy (non-hydrogen) atoms. The second-order valence-electron chi connectivity index (χ2n) is 12.2. The molecule has 1 aromatic heterocycles. The predicted molar refractivity (Wildman–Crippen MR) is 154 cm³/mol. The normalized spacial score (nSPS) is 19.0. The Hall–Kier alpha value is -2.90. The highest BCUT2D eigenvalue weighted by Gasteiger charge is 2.41. The van der Waals surface area contributed by atoms with Gasteiger partial charge in [-0.3, -0.25) is 9.69 Å². The van der Waals surface area contributed by atoms with Gasteiger partial charge in [-0.2, -0.15) is 0 Å². The van der Waals surface area contributed by atoms with Gasteiger partial charge in [0.2, 0.25) is 11.9 Å². The lowest BCUT2D eigenvalue weighted by Crippen LogP contribution is -2.50. The van der Waals surface area contributed by atoms with E-state index in [4.69, 9.17) is 4.43 Å². The highest BCUT2D eigenvalue weighted by Crippen LogP contribution is 2.38. The Balaban J connectivity index is 1.19. The molecule has 2 aliphatic heterocycles. The molecule has 0 saturated carbocycles. The maximum atomic E-state index is 13.0. The molecule has 2 aliphatic rings. The molecule has 3 heterocycles. The molecule has 0 radical (unpaired) electrons. The third-order valence-corrected chi connectivity index (χ3v) is 12.6. The summed E-state index contributed by atoms with van der Waals surface area (Å²) in [5.41, 5.74) is 1.49. The molecule has 4 rings (SSSR count). The van der Waals surface area contributed by atoms with Crippen LogP contribution in [0, 0.1) is 0 Å². The van der Waals surface area contributed by atoms with Crippen LogP contribution in [-0.2, 0) is 15.8 Å². The zero-order valence-corrected chi connectivity index (χ0v) is 25.5. The molecular formula is C28H41F3N6O3Si. The summed E-state index contributed by atoms with van der Waals surface area (Å²) in [6.07, 6.45) is -0.250.